The van der Waals surface area contributed by atoms with Crippen molar-refractivity contribution in [3.05, 3.63) is 75.8 Å². The van der Waals surface area contributed by atoms with Crippen molar-refractivity contribution >= 4 is 28.8 Å². The van der Waals surface area contributed by atoms with Crippen LogP contribution in [0, 0.1) is 0 Å². The van der Waals surface area contributed by atoms with Gasteiger partial charge in [-0.25, -0.2) is 4.98 Å². The summed E-state index contributed by atoms with van der Waals surface area (Å²) in [6, 6.07) is 15.9. The molecule has 0 spiro atoms. The zero-order valence-electron chi connectivity index (χ0n) is 14.0. The van der Waals surface area contributed by atoms with Crippen molar-refractivity contribution in [2.75, 3.05) is 0 Å². The molecule has 3 aromatic rings. The Morgan fingerprint density at radius 2 is 1.96 bits per heavy atom. The Balaban J connectivity index is 1.57. The van der Waals surface area contributed by atoms with E-state index in [2.05, 4.69) is 41.5 Å². The quantitative estimate of drug-likeness (QED) is 0.671. The molecule has 1 aromatic heterocycles. The smallest absolute Gasteiger partial charge is 0.226 e. The lowest BCUT2D eigenvalue weighted by molar-refractivity contribution is -0.120. The minimum atomic E-state index is -0.0434. The average Bonchev–Trinajstić information content (AvgIpc) is 3.08. The number of carbonyl (C=O) groups is 1. The van der Waals surface area contributed by atoms with E-state index in [0.717, 1.165) is 28.2 Å². The number of carbonyl (C=O) groups excluding carboxylic acids is 1. The first-order valence-electron chi connectivity index (χ1n) is 8.19. The molecule has 0 aliphatic rings. The van der Waals surface area contributed by atoms with E-state index in [9.17, 15) is 4.79 Å². The predicted octanol–water partition coefficient (Wildman–Crippen LogP) is 4.88. The van der Waals surface area contributed by atoms with Crippen molar-refractivity contribution in [2.45, 2.75) is 26.3 Å². The van der Waals surface area contributed by atoms with Crippen LogP contribution in [0.1, 0.15) is 23.7 Å². The molecule has 0 saturated carbocycles. The fourth-order valence-corrected chi connectivity index (χ4v) is 3.52. The molecule has 1 heterocycles. The van der Waals surface area contributed by atoms with Gasteiger partial charge in [-0.05, 0) is 29.7 Å². The largest absolute Gasteiger partial charge is 0.352 e. The molecule has 0 aliphatic carbocycles. The van der Waals surface area contributed by atoms with Crippen molar-refractivity contribution < 1.29 is 4.79 Å². The maximum atomic E-state index is 12.1. The molecule has 0 bridgehead atoms. The number of halogens is 1. The molecule has 0 aliphatic heterocycles. The molecule has 0 atom stereocenters. The first-order chi connectivity index (χ1) is 12.1. The van der Waals surface area contributed by atoms with Gasteiger partial charge in [0, 0.05) is 22.5 Å². The summed E-state index contributed by atoms with van der Waals surface area (Å²) in [7, 11) is 0. The molecule has 0 saturated heterocycles. The highest BCUT2D eigenvalue weighted by atomic mass is 35.5. The first kappa shape index (κ1) is 17.6. The van der Waals surface area contributed by atoms with E-state index < -0.39 is 0 Å². The summed E-state index contributed by atoms with van der Waals surface area (Å²) >= 11 is 7.51. The van der Waals surface area contributed by atoms with E-state index in [1.165, 1.54) is 5.56 Å². The third kappa shape index (κ3) is 4.91. The summed E-state index contributed by atoms with van der Waals surface area (Å²) in [6.07, 6.45) is 1.31. The zero-order chi connectivity index (χ0) is 17.6. The van der Waals surface area contributed by atoms with Crippen LogP contribution in [0.4, 0.5) is 0 Å². The Kier molecular flexibility index (Phi) is 5.84. The molecule has 128 valence electrons. The van der Waals surface area contributed by atoms with Crippen LogP contribution in [0.3, 0.4) is 0 Å². The van der Waals surface area contributed by atoms with Crippen LogP contribution in [-0.4, -0.2) is 10.9 Å². The number of aryl methyl sites for hydroxylation is 1. The minimum Gasteiger partial charge on any atom is -0.352 e. The highest BCUT2D eigenvalue weighted by Crippen LogP contribution is 2.24. The van der Waals surface area contributed by atoms with Gasteiger partial charge in [-0.2, -0.15) is 0 Å². The number of rotatable bonds is 6. The van der Waals surface area contributed by atoms with Crippen LogP contribution < -0.4 is 5.32 Å². The van der Waals surface area contributed by atoms with Gasteiger partial charge in [0.05, 0.1) is 12.1 Å². The molecule has 2 aromatic carbocycles. The van der Waals surface area contributed by atoms with E-state index in [-0.39, 0.29) is 12.3 Å². The third-order valence-corrected chi connectivity index (χ3v) is 5.06. The normalized spacial score (nSPS) is 10.6. The van der Waals surface area contributed by atoms with Crippen LogP contribution in [0.25, 0.3) is 10.6 Å². The Morgan fingerprint density at radius 1 is 1.16 bits per heavy atom. The molecular weight excluding hydrogens is 352 g/mol. The van der Waals surface area contributed by atoms with Crippen LogP contribution in [-0.2, 0) is 24.2 Å². The highest BCUT2D eigenvalue weighted by molar-refractivity contribution is 7.13. The van der Waals surface area contributed by atoms with E-state index in [1.807, 2.05) is 29.6 Å². The van der Waals surface area contributed by atoms with Crippen LogP contribution in [0.5, 0.6) is 0 Å². The van der Waals surface area contributed by atoms with E-state index in [0.29, 0.717) is 11.6 Å². The van der Waals surface area contributed by atoms with Gasteiger partial charge >= 0.3 is 0 Å². The summed E-state index contributed by atoms with van der Waals surface area (Å²) < 4.78 is 0. The Labute approximate surface area is 156 Å². The molecule has 25 heavy (non-hydrogen) atoms. The summed E-state index contributed by atoms with van der Waals surface area (Å²) in [5.41, 5.74) is 4.17. The Morgan fingerprint density at radius 3 is 2.68 bits per heavy atom. The number of amides is 1. The molecule has 0 radical (unpaired) electrons. The number of aromatic nitrogens is 1. The molecule has 3 nitrogen and oxygen atoms in total. The first-order valence-corrected chi connectivity index (χ1v) is 9.44. The van der Waals surface area contributed by atoms with Gasteiger partial charge in [-0.15, -0.1) is 11.3 Å². The number of nitrogens with one attached hydrogen (secondary N) is 1. The van der Waals surface area contributed by atoms with E-state index in [4.69, 9.17) is 11.6 Å². The summed E-state index contributed by atoms with van der Waals surface area (Å²) in [5.74, 6) is -0.0434. The topological polar surface area (TPSA) is 42.0 Å². The summed E-state index contributed by atoms with van der Waals surface area (Å²) in [5, 5.41) is 6.47. The number of thiazole rings is 1. The maximum absolute atomic E-state index is 12.1. The van der Waals surface area contributed by atoms with Crippen molar-refractivity contribution in [3.8, 4) is 10.6 Å². The standard InChI is InChI=1S/C20H19ClN2OS/c1-2-14-6-8-16(9-7-14)20-23-18(13-25-20)11-19(24)22-12-15-4-3-5-17(21)10-15/h3-10,13H,2,11-12H2,1H3,(H,22,24). The lowest BCUT2D eigenvalue weighted by atomic mass is 10.1. The highest BCUT2D eigenvalue weighted by Gasteiger charge is 2.09. The molecule has 0 unspecified atom stereocenters. The van der Waals surface area contributed by atoms with Gasteiger partial charge < -0.3 is 5.32 Å². The molecule has 1 amide bonds. The van der Waals surface area contributed by atoms with Gasteiger partial charge in [-0.3, -0.25) is 4.79 Å². The van der Waals surface area contributed by atoms with Crippen LogP contribution in [0.2, 0.25) is 5.02 Å². The van der Waals surface area contributed by atoms with Crippen LogP contribution in [0.15, 0.2) is 53.9 Å². The molecular formula is C20H19ClN2OS. The van der Waals surface area contributed by atoms with Crippen molar-refractivity contribution in [3.63, 3.8) is 0 Å². The third-order valence-electron chi connectivity index (χ3n) is 3.88. The van der Waals surface area contributed by atoms with Crippen molar-refractivity contribution in [1.29, 1.82) is 0 Å². The summed E-state index contributed by atoms with van der Waals surface area (Å²) in [6.45, 7) is 2.60. The van der Waals surface area contributed by atoms with Gasteiger partial charge in [0.25, 0.3) is 0 Å². The number of hydrogen-bond donors (Lipinski definition) is 1. The average molecular weight is 371 g/mol. The fourth-order valence-electron chi connectivity index (χ4n) is 2.48. The number of nitrogens with zero attached hydrogens (tertiary/aromatic N) is 1. The van der Waals surface area contributed by atoms with E-state index >= 15 is 0 Å². The predicted molar refractivity (Wildman–Crippen MR) is 104 cm³/mol. The summed E-state index contributed by atoms with van der Waals surface area (Å²) in [4.78, 5) is 16.7. The van der Waals surface area contributed by atoms with Gasteiger partial charge in [0.1, 0.15) is 5.01 Å². The van der Waals surface area contributed by atoms with E-state index in [1.54, 1.807) is 11.3 Å². The fraction of sp³-hybridized carbons (Fsp3) is 0.200. The number of hydrogen-bond acceptors (Lipinski definition) is 3. The van der Waals surface area contributed by atoms with Crippen molar-refractivity contribution in [2.24, 2.45) is 0 Å². The molecule has 1 N–H and O–H groups in total. The monoisotopic (exact) mass is 370 g/mol. The molecule has 0 fully saturated rings. The Hall–Kier alpha value is -2.17. The molecule has 5 heteroatoms. The number of benzene rings is 2. The maximum Gasteiger partial charge on any atom is 0.226 e. The van der Waals surface area contributed by atoms with Crippen molar-refractivity contribution in [1.82, 2.24) is 10.3 Å². The lowest BCUT2D eigenvalue weighted by Crippen LogP contribution is -2.24. The lowest BCUT2D eigenvalue weighted by Gasteiger charge is -2.04. The van der Waals surface area contributed by atoms with Gasteiger partial charge in [-0.1, -0.05) is 54.9 Å². The SMILES string of the molecule is CCc1ccc(-c2nc(CC(=O)NCc3cccc(Cl)c3)cs2)cc1. The second-order valence-corrected chi connectivity index (χ2v) is 7.07. The minimum absolute atomic E-state index is 0.0434. The Bertz CT molecular complexity index is 858. The zero-order valence-corrected chi connectivity index (χ0v) is 15.5. The van der Waals surface area contributed by atoms with Gasteiger partial charge in [0.15, 0.2) is 0 Å². The van der Waals surface area contributed by atoms with Crippen LogP contribution >= 0.6 is 22.9 Å². The second kappa shape index (κ2) is 8.28. The van der Waals surface area contributed by atoms with Gasteiger partial charge in [0.2, 0.25) is 5.91 Å². The molecule has 3 rings (SSSR count). The second-order valence-electron chi connectivity index (χ2n) is 5.78.